The molecule has 0 radical (unpaired) electrons. The van der Waals surface area contributed by atoms with E-state index in [1.165, 1.54) is 25.1 Å². The average Bonchev–Trinajstić information content (AvgIpc) is 2.62. The molecule has 1 atom stereocenters. The van der Waals surface area contributed by atoms with Crippen LogP contribution >= 0.6 is 11.8 Å². The summed E-state index contributed by atoms with van der Waals surface area (Å²) >= 11 is 0.339. The molecule has 0 aliphatic heterocycles. The predicted octanol–water partition coefficient (Wildman–Crippen LogP) is 5.51. The summed E-state index contributed by atoms with van der Waals surface area (Å²) in [5.74, 6) is -1.68. The van der Waals surface area contributed by atoms with Gasteiger partial charge < -0.3 is 10.0 Å². The van der Waals surface area contributed by atoms with Crippen molar-refractivity contribution < 1.29 is 27.5 Å². The molecule has 0 bridgehead atoms. The largest absolute Gasteiger partial charge is 0.478 e. The molecule has 27 heavy (non-hydrogen) atoms. The number of carboxylic acids is 1. The van der Waals surface area contributed by atoms with E-state index in [0.717, 1.165) is 0 Å². The van der Waals surface area contributed by atoms with Crippen molar-refractivity contribution in [2.24, 2.45) is 0 Å². The lowest BCUT2D eigenvalue weighted by molar-refractivity contribution is 0.0695. The Labute approximate surface area is 159 Å². The van der Waals surface area contributed by atoms with E-state index >= 15 is 0 Å². The quantitative estimate of drug-likeness (QED) is 0.468. The molecular weight excluding hydrogens is 382 g/mol. The molecule has 2 aromatic rings. The van der Waals surface area contributed by atoms with Gasteiger partial charge in [-0.25, -0.2) is 22.4 Å². The zero-order valence-corrected chi connectivity index (χ0v) is 15.6. The molecule has 0 fully saturated rings. The molecule has 1 N–H and O–H groups in total. The second-order valence-corrected chi connectivity index (χ2v) is 6.97. The second kappa shape index (κ2) is 9.12. The summed E-state index contributed by atoms with van der Waals surface area (Å²) in [7, 11) is 0. The van der Waals surface area contributed by atoms with E-state index in [2.05, 4.69) is 0 Å². The monoisotopic (exact) mass is 401 g/mol. The van der Waals surface area contributed by atoms with E-state index in [-0.39, 0.29) is 22.7 Å². The first-order valence-corrected chi connectivity index (χ1v) is 9.07. The Morgan fingerprint density at radius 2 is 1.89 bits per heavy atom. The lowest BCUT2D eigenvalue weighted by Gasteiger charge is -2.25. The second-order valence-electron chi connectivity index (χ2n) is 5.85. The van der Waals surface area contributed by atoms with Crippen LogP contribution in [0.4, 0.5) is 23.2 Å². The summed E-state index contributed by atoms with van der Waals surface area (Å²) < 4.78 is 53.0. The van der Waals surface area contributed by atoms with E-state index in [1.54, 1.807) is 30.0 Å². The number of benzene rings is 2. The van der Waals surface area contributed by atoms with Crippen LogP contribution in [0.1, 0.15) is 28.4 Å². The first kappa shape index (κ1) is 21.1. The summed E-state index contributed by atoms with van der Waals surface area (Å²) in [6.45, 7) is 3.72. The highest BCUT2D eigenvalue weighted by Crippen LogP contribution is 2.35. The number of hydrogen-bond acceptors (Lipinski definition) is 3. The van der Waals surface area contributed by atoms with Crippen LogP contribution in [0, 0.1) is 12.7 Å². The van der Waals surface area contributed by atoms with E-state index in [0.29, 0.717) is 29.4 Å². The number of carboxylic acid groups (broad SMARTS) is 1. The van der Waals surface area contributed by atoms with Gasteiger partial charge in [-0.05, 0) is 43.2 Å². The number of carbonyl (C=O) groups is 1. The van der Waals surface area contributed by atoms with Gasteiger partial charge in [-0.2, -0.15) is 0 Å². The summed E-state index contributed by atoms with van der Waals surface area (Å²) in [6, 6.07) is 8.85. The molecule has 2 rings (SSSR count). The van der Waals surface area contributed by atoms with Crippen molar-refractivity contribution >= 4 is 23.4 Å². The summed E-state index contributed by atoms with van der Waals surface area (Å²) in [6.07, 6.45) is -3.15. The number of halogens is 4. The molecule has 3 nitrogen and oxygen atoms in total. The summed E-state index contributed by atoms with van der Waals surface area (Å²) in [5, 5.41) is 9.30. The van der Waals surface area contributed by atoms with Gasteiger partial charge in [0, 0.05) is 18.0 Å². The van der Waals surface area contributed by atoms with E-state index in [9.17, 15) is 27.5 Å². The van der Waals surface area contributed by atoms with Crippen LogP contribution in [0.2, 0.25) is 0 Å². The minimum absolute atomic E-state index is 0.0968. The number of alkyl halides is 3. The number of nitrogens with zero attached hydrogens (tertiary/aromatic N) is 1. The van der Waals surface area contributed by atoms with Gasteiger partial charge in [-0.1, -0.05) is 30.0 Å². The fourth-order valence-electron chi connectivity index (χ4n) is 2.62. The zero-order valence-electron chi connectivity index (χ0n) is 14.8. The highest BCUT2D eigenvalue weighted by molar-refractivity contribution is 7.99. The van der Waals surface area contributed by atoms with Crippen LogP contribution in [-0.2, 0) is 6.54 Å². The molecule has 0 saturated heterocycles. The Morgan fingerprint density at radius 3 is 2.48 bits per heavy atom. The van der Waals surface area contributed by atoms with Crippen molar-refractivity contribution in [2.45, 2.75) is 37.2 Å². The lowest BCUT2D eigenvalue weighted by atomic mass is 10.1. The fraction of sp³-hybridized carbons (Fsp3) is 0.316. The van der Waals surface area contributed by atoms with Gasteiger partial charge in [-0.3, -0.25) is 0 Å². The normalized spacial score (nSPS) is 12.3. The lowest BCUT2D eigenvalue weighted by Crippen LogP contribution is -2.24. The Hall–Kier alpha value is -2.22. The van der Waals surface area contributed by atoms with Gasteiger partial charge in [0.15, 0.2) is 0 Å². The number of aryl methyl sites for hydroxylation is 1. The third-order valence-electron chi connectivity index (χ3n) is 4.01. The van der Waals surface area contributed by atoms with E-state index in [1.807, 2.05) is 0 Å². The molecule has 0 heterocycles. The maximum absolute atomic E-state index is 14.5. The van der Waals surface area contributed by atoms with Crippen molar-refractivity contribution in [3.05, 3.63) is 58.9 Å². The zero-order chi connectivity index (χ0) is 20.1. The third-order valence-corrected chi connectivity index (χ3v) is 5.14. The van der Waals surface area contributed by atoms with Crippen LogP contribution < -0.4 is 4.90 Å². The van der Waals surface area contributed by atoms with Gasteiger partial charge in [-0.15, -0.1) is 0 Å². The van der Waals surface area contributed by atoms with Crippen LogP contribution in [0.3, 0.4) is 0 Å². The first-order chi connectivity index (χ1) is 12.7. The third kappa shape index (κ3) is 5.15. The van der Waals surface area contributed by atoms with Gasteiger partial charge in [0.1, 0.15) is 5.82 Å². The Balaban J connectivity index is 2.38. The maximum Gasteiger partial charge on any atom is 0.336 e. The van der Waals surface area contributed by atoms with Crippen molar-refractivity contribution in [1.29, 1.82) is 0 Å². The standard InChI is InChI=1S/C19H19F4NO2S/c1-3-24(10-12-6-4-5-7-13(12)19(25)26)15-9-16(11(2)8-14(15)20)27-18(23)17(21)22/h4-9,17-18H,3,10H2,1-2H3,(H,25,26). The highest BCUT2D eigenvalue weighted by atomic mass is 32.2. The smallest absolute Gasteiger partial charge is 0.336 e. The molecule has 0 amide bonds. The van der Waals surface area contributed by atoms with Crippen molar-refractivity contribution in [3.8, 4) is 0 Å². The molecule has 0 aliphatic carbocycles. The highest BCUT2D eigenvalue weighted by Gasteiger charge is 2.23. The minimum atomic E-state index is -3.15. The van der Waals surface area contributed by atoms with Crippen LogP contribution in [0.15, 0.2) is 41.3 Å². The maximum atomic E-state index is 14.5. The Kier molecular flexibility index (Phi) is 7.12. The van der Waals surface area contributed by atoms with Crippen molar-refractivity contribution in [3.63, 3.8) is 0 Å². The topological polar surface area (TPSA) is 40.5 Å². The van der Waals surface area contributed by atoms with Crippen LogP contribution in [0.25, 0.3) is 0 Å². The van der Waals surface area contributed by atoms with Crippen LogP contribution in [-0.4, -0.2) is 29.5 Å². The summed E-state index contributed by atoms with van der Waals surface area (Å²) in [4.78, 5) is 13.2. The number of thioether (sulfide) groups is 1. The van der Waals surface area contributed by atoms with Crippen molar-refractivity contribution in [2.75, 3.05) is 11.4 Å². The predicted molar refractivity (Wildman–Crippen MR) is 98.0 cm³/mol. The molecule has 0 aliphatic rings. The van der Waals surface area contributed by atoms with Gasteiger partial charge >= 0.3 is 5.97 Å². The van der Waals surface area contributed by atoms with E-state index in [4.69, 9.17) is 0 Å². The van der Waals surface area contributed by atoms with E-state index < -0.39 is 23.7 Å². The molecule has 0 saturated carbocycles. The molecular formula is C19H19F4NO2S. The number of hydrogen-bond donors (Lipinski definition) is 1. The number of anilines is 1. The fourth-order valence-corrected chi connectivity index (χ4v) is 3.39. The average molecular weight is 401 g/mol. The minimum Gasteiger partial charge on any atom is -0.478 e. The first-order valence-electron chi connectivity index (χ1n) is 8.19. The van der Waals surface area contributed by atoms with Crippen molar-refractivity contribution in [1.82, 2.24) is 0 Å². The number of rotatable bonds is 8. The molecule has 8 heteroatoms. The van der Waals surface area contributed by atoms with Gasteiger partial charge in [0.25, 0.3) is 6.43 Å². The molecule has 0 spiro atoms. The van der Waals surface area contributed by atoms with Gasteiger partial charge in [0.2, 0.25) is 5.50 Å². The number of aromatic carboxylic acids is 1. The Morgan fingerprint density at radius 1 is 1.22 bits per heavy atom. The molecule has 2 aromatic carbocycles. The van der Waals surface area contributed by atoms with Gasteiger partial charge in [0.05, 0.1) is 11.3 Å². The SMILES string of the molecule is CCN(Cc1ccccc1C(=O)O)c1cc(SC(F)C(F)F)c(C)cc1F. The Bertz CT molecular complexity index is 816. The van der Waals surface area contributed by atoms with Crippen LogP contribution in [0.5, 0.6) is 0 Å². The molecule has 0 aromatic heterocycles. The molecule has 1 unspecified atom stereocenters. The summed E-state index contributed by atoms with van der Waals surface area (Å²) in [5.41, 5.74) is -1.37. The molecule has 146 valence electrons.